The molecule has 1 aliphatic carbocycles. The number of rotatable bonds is 3. The molecule has 6 heteroatoms. The molecule has 0 fully saturated rings. The Balaban J connectivity index is 2.06. The molecular formula is C17H17Cl2N3O. The predicted octanol–water partition coefficient (Wildman–Crippen LogP) is 4.77. The second-order valence-electron chi connectivity index (χ2n) is 5.68. The van der Waals surface area contributed by atoms with Gasteiger partial charge in [-0.3, -0.25) is 0 Å². The Hall–Kier alpha value is -1.65. The highest BCUT2D eigenvalue weighted by molar-refractivity contribution is 6.36. The van der Waals surface area contributed by atoms with E-state index in [9.17, 15) is 0 Å². The summed E-state index contributed by atoms with van der Waals surface area (Å²) in [6.07, 6.45) is 1.76. The third-order valence-electron chi connectivity index (χ3n) is 3.78. The molecule has 0 amide bonds. The Kier molecular flexibility index (Phi) is 4.83. The van der Waals surface area contributed by atoms with Crippen LogP contribution in [-0.2, 0) is 11.3 Å². The number of nitrogens with zero attached hydrogens (tertiary/aromatic N) is 3. The molecule has 0 N–H and O–H groups in total. The zero-order valence-electron chi connectivity index (χ0n) is 13.0. The van der Waals surface area contributed by atoms with Gasteiger partial charge in [-0.15, -0.1) is 0 Å². The van der Waals surface area contributed by atoms with Gasteiger partial charge in [0.25, 0.3) is 0 Å². The molecule has 23 heavy (non-hydrogen) atoms. The average molecular weight is 350 g/mol. The fourth-order valence-electron chi connectivity index (χ4n) is 2.72. The molecule has 1 atom stereocenters. The first-order valence-corrected chi connectivity index (χ1v) is 8.35. The maximum Gasteiger partial charge on any atom is 0.114 e. The van der Waals surface area contributed by atoms with Crippen molar-refractivity contribution in [1.82, 2.24) is 10.2 Å². The van der Waals surface area contributed by atoms with Gasteiger partial charge in [0.15, 0.2) is 0 Å². The average Bonchev–Trinajstić information content (AvgIpc) is 2.52. The summed E-state index contributed by atoms with van der Waals surface area (Å²) in [7, 11) is 0. The van der Waals surface area contributed by atoms with E-state index in [-0.39, 0.29) is 0 Å². The van der Waals surface area contributed by atoms with Crippen molar-refractivity contribution in [3.63, 3.8) is 0 Å². The van der Waals surface area contributed by atoms with E-state index >= 15 is 0 Å². The quantitative estimate of drug-likeness (QED) is 0.749. The largest absolute Gasteiger partial charge is 0.396 e. The normalized spacial score (nSPS) is 18.8. The van der Waals surface area contributed by atoms with E-state index in [2.05, 4.69) is 22.3 Å². The molecule has 2 aromatic rings. The molecule has 0 aliphatic heterocycles. The van der Waals surface area contributed by atoms with Gasteiger partial charge in [0.1, 0.15) is 6.61 Å². The molecule has 0 saturated carbocycles. The number of benzene rings is 1. The van der Waals surface area contributed by atoms with Crippen molar-refractivity contribution in [3.8, 4) is 11.3 Å². The van der Waals surface area contributed by atoms with Crippen LogP contribution in [0.15, 0.2) is 29.4 Å². The molecule has 1 aliphatic rings. The number of fused-ring (bicyclic) bond motifs is 1. The summed E-state index contributed by atoms with van der Waals surface area (Å²) in [5, 5.41) is 14.1. The smallest absolute Gasteiger partial charge is 0.114 e. The van der Waals surface area contributed by atoms with Crippen LogP contribution in [0.3, 0.4) is 0 Å². The van der Waals surface area contributed by atoms with E-state index in [1.807, 2.05) is 19.1 Å². The molecule has 1 unspecified atom stereocenters. The summed E-state index contributed by atoms with van der Waals surface area (Å²) in [6, 6.07) is 7.34. The molecule has 1 aromatic carbocycles. The topological polar surface area (TPSA) is 47.4 Å². The predicted molar refractivity (Wildman–Crippen MR) is 93.1 cm³/mol. The van der Waals surface area contributed by atoms with Gasteiger partial charge in [-0.1, -0.05) is 35.3 Å². The minimum atomic E-state index is 0.473. The Morgan fingerprint density at radius 3 is 2.74 bits per heavy atom. The first-order valence-electron chi connectivity index (χ1n) is 7.59. The Labute approximate surface area is 145 Å². The lowest BCUT2D eigenvalue weighted by atomic mass is 9.86. The SMILES string of the molecule is CCO/N=C1\CC(C)Cc2nnc(-c3ccc(Cl)cc3Cl)cc21. The van der Waals surface area contributed by atoms with Crippen LogP contribution in [-0.4, -0.2) is 22.5 Å². The fraction of sp³-hybridized carbons (Fsp3) is 0.353. The molecule has 0 radical (unpaired) electrons. The second-order valence-corrected chi connectivity index (χ2v) is 6.53. The lowest BCUT2D eigenvalue weighted by Gasteiger charge is -2.21. The van der Waals surface area contributed by atoms with Gasteiger partial charge in [-0.2, -0.15) is 10.2 Å². The molecule has 1 heterocycles. The number of oxime groups is 1. The monoisotopic (exact) mass is 349 g/mol. The lowest BCUT2D eigenvalue weighted by Crippen LogP contribution is -2.21. The van der Waals surface area contributed by atoms with Crippen molar-refractivity contribution in [2.45, 2.75) is 26.7 Å². The van der Waals surface area contributed by atoms with E-state index in [4.69, 9.17) is 28.0 Å². The minimum Gasteiger partial charge on any atom is -0.396 e. The number of aromatic nitrogens is 2. The maximum atomic E-state index is 6.28. The first-order chi connectivity index (χ1) is 11.1. The van der Waals surface area contributed by atoms with Gasteiger partial charge in [0.05, 0.1) is 22.1 Å². The summed E-state index contributed by atoms with van der Waals surface area (Å²) in [6.45, 7) is 4.64. The first kappa shape index (κ1) is 16.2. The second kappa shape index (κ2) is 6.85. The van der Waals surface area contributed by atoms with Crippen molar-refractivity contribution >= 4 is 28.9 Å². The number of hydrogen-bond donors (Lipinski definition) is 0. The Morgan fingerprint density at radius 1 is 1.17 bits per heavy atom. The molecule has 4 nitrogen and oxygen atoms in total. The van der Waals surface area contributed by atoms with Crippen LogP contribution in [0.5, 0.6) is 0 Å². The molecule has 1 aromatic heterocycles. The van der Waals surface area contributed by atoms with Gasteiger partial charge in [0.2, 0.25) is 0 Å². The van der Waals surface area contributed by atoms with Gasteiger partial charge < -0.3 is 4.84 Å². The zero-order chi connectivity index (χ0) is 16.4. The van der Waals surface area contributed by atoms with Crippen LogP contribution in [0, 0.1) is 5.92 Å². The Morgan fingerprint density at radius 2 is 2.00 bits per heavy atom. The molecule has 120 valence electrons. The summed E-state index contributed by atoms with van der Waals surface area (Å²) in [5.74, 6) is 0.473. The molecule has 3 rings (SSSR count). The lowest BCUT2D eigenvalue weighted by molar-refractivity contribution is 0.157. The highest BCUT2D eigenvalue weighted by Crippen LogP contribution is 2.32. The van der Waals surface area contributed by atoms with Crippen LogP contribution in [0.4, 0.5) is 0 Å². The van der Waals surface area contributed by atoms with Gasteiger partial charge in [-0.05, 0) is 49.9 Å². The van der Waals surface area contributed by atoms with E-state index in [0.29, 0.717) is 28.3 Å². The van der Waals surface area contributed by atoms with Crippen LogP contribution < -0.4 is 0 Å². The summed E-state index contributed by atoms with van der Waals surface area (Å²) in [4.78, 5) is 5.26. The fourth-order valence-corrected chi connectivity index (χ4v) is 3.22. The van der Waals surface area contributed by atoms with Crippen molar-refractivity contribution < 1.29 is 4.84 Å². The van der Waals surface area contributed by atoms with E-state index in [1.54, 1.807) is 12.1 Å². The summed E-state index contributed by atoms with van der Waals surface area (Å²) in [5.41, 5.74) is 4.38. The maximum absolute atomic E-state index is 6.28. The van der Waals surface area contributed by atoms with Crippen molar-refractivity contribution in [1.29, 1.82) is 0 Å². The van der Waals surface area contributed by atoms with Crippen molar-refractivity contribution in [2.24, 2.45) is 11.1 Å². The van der Waals surface area contributed by atoms with Gasteiger partial charge in [-0.25, -0.2) is 0 Å². The molecule has 0 spiro atoms. The van der Waals surface area contributed by atoms with Gasteiger partial charge in [0, 0.05) is 16.1 Å². The van der Waals surface area contributed by atoms with E-state index < -0.39 is 0 Å². The molecule has 0 saturated heterocycles. The standard InChI is InChI=1S/C17H17Cl2N3O/c1-3-23-22-17-7-10(2)6-15-13(17)9-16(21-20-15)12-5-4-11(18)8-14(12)19/h4-5,8-10H,3,6-7H2,1-2H3/b22-17+. The zero-order valence-corrected chi connectivity index (χ0v) is 14.5. The van der Waals surface area contributed by atoms with Gasteiger partial charge >= 0.3 is 0 Å². The van der Waals surface area contributed by atoms with Crippen molar-refractivity contribution in [2.75, 3.05) is 6.61 Å². The van der Waals surface area contributed by atoms with E-state index in [0.717, 1.165) is 35.4 Å². The summed E-state index contributed by atoms with van der Waals surface area (Å²) < 4.78 is 0. The van der Waals surface area contributed by atoms with Crippen LogP contribution in [0.1, 0.15) is 31.5 Å². The Bertz CT molecular complexity index is 761. The number of halogens is 2. The summed E-state index contributed by atoms with van der Waals surface area (Å²) >= 11 is 12.2. The van der Waals surface area contributed by atoms with Crippen LogP contribution in [0.2, 0.25) is 10.0 Å². The molecular weight excluding hydrogens is 333 g/mol. The highest BCUT2D eigenvalue weighted by atomic mass is 35.5. The van der Waals surface area contributed by atoms with Crippen molar-refractivity contribution in [3.05, 3.63) is 45.6 Å². The minimum absolute atomic E-state index is 0.473. The number of hydrogen-bond acceptors (Lipinski definition) is 4. The molecule has 0 bridgehead atoms. The third kappa shape index (κ3) is 3.48. The third-order valence-corrected chi connectivity index (χ3v) is 4.32. The van der Waals surface area contributed by atoms with Crippen LogP contribution >= 0.6 is 23.2 Å². The van der Waals surface area contributed by atoms with Crippen LogP contribution in [0.25, 0.3) is 11.3 Å². The highest BCUT2D eigenvalue weighted by Gasteiger charge is 2.24. The van der Waals surface area contributed by atoms with E-state index in [1.165, 1.54) is 0 Å².